The predicted octanol–water partition coefficient (Wildman–Crippen LogP) is 2.20. The lowest BCUT2D eigenvalue weighted by Crippen LogP contribution is -2.33. The van der Waals surface area contributed by atoms with Crippen LogP contribution in [0.25, 0.3) is 0 Å². The molecule has 0 fully saturated rings. The zero-order valence-corrected chi connectivity index (χ0v) is 10.9. The van der Waals surface area contributed by atoms with Gasteiger partial charge in [-0.1, -0.05) is 26.7 Å². The summed E-state index contributed by atoms with van der Waals surface area (Å²) in [6.45, 7) is 6.12. The van der Waals surface area contributed by atoms with Crippen molar-refractivity contribution < 1.29 is 4.79 Å². The first-order chi connectivity index (χ1) is 8.19. The van der Waals surface area contributed by atoms with Gasteiger partial charge in [-0.05, 0) is 19.8 Å². The van der Waals surface area contributed by atoms with Gasteiger partial charge in [0.1, 0.15) is 12.2 Å². The molecule has 2 N–H and O–H groups in total. The Hall–Kier alpha value is -1.39. The maximum absolute atomic E-state index is 12.1. The van der Waals surface area contributed by atoms with Crippen LogP contribution in [0.5, 0.6) is 0 Å². The largest absolute Gasteiger partial charge is 0.346 e. The topological polar surface area (TPSA) is 70.7 Å². The highest BCUT2D eigenvalue weighted by Crippen LogP contribution is 2.15. The average molecular weight is 238 g/mol. The van der Waals surface area contributed by atoms with E-state index in [0.717, 1.165) is 25.7 Å². The minimum Gasteiger partial charge on any atom is -0.346 e. The molecular weight excluding hydrogens is 216 g/mol. The van der Waals surface area contributed by atoms with Gasteiger partial charge in [-0.25, -0.2) is 4.98 Å². The van der Waals surface area contributed by atoms with Crippen molar-refractivity contribution in [3.8, 4) is 0 Å². The Morgan fingerprint density at radius 3 is 2.53 bits per heavy atom. The molecule has 0 radical (unpaired) electrons. The van der Waals surface area contributed by atoms with Crippen molar-refractivity contribution >= 4 is 5.91 Å². The Kier molecular flexibility index (Phi) is 5.66. The van der Waals surface area contributed by atoms with Crippen LogP contribution in [0, 0.1) is 5.92 Å². The first kappa shape index (κ1) is 13.7. The third-order valence-electron chi connectivity index (χ3n) is 2.85. The third kappa shape index (κ3) is 4.17. The Labute approximate surface area is 102 Å². The van der Waals surface area contributed by atoms with E-state index in [9.17, 15) is 4.79 Å². The molecule has 1 amide bonds. The maximum Gasteiger partial charge on any atom is 0.223 e. The molecule has 5 nitrogen and oxygen atoms in total. The third-order valence-corrected chi connectivity index (χ3v) is 2.85. The highest BCUT2D eigenvalue weighted by atomic mass is 16.1. The lowest BCUT2D eigenvalue weighted by atomic mass is 9.97. The highest BCUT2D eigenvalue weighted by molar-refractivity contribution is 5.78. The van der Waals surface area contributed by atoms with Crippen molar-refractivity contribution in [2.75, 3.05) is 0 Å². The van der Waals surface area contributed by atoms with Gasteiger partial charge in [-0.2, -0.15) is 5.10 Å². The number of nitrogens with one attached hydrogen (secondary N) is 2. The Bertz CT molecular complexity index is 317. The number of carbonyl (C=O) groups excluding carboxylic acids is 1. The SMILES string of the molecule is CCCC(CCC)C(=O)NC(C)c1ncn[nH]1. The van der Waals surface area contributed by atoms with E-state index in [1.54, 1.807) is 0 Å². The van der Waals surface area contributed by atoms with E-state index in [4.69, 9.17) is 0 Å². The van der Waals surface area contributed by atoms with E-state index in [1.807, 2.05) is 6.92 Å². The van der Waals surface area contributed by atoms with Crippen molar-refractivity contribution in [1.29, 1.82) is 0 Å². The molecule has 0 aliphatic carbocycles. The van der Waals surface area contributed by atoms with Gasteiger partial charge in [-0.3, -0.25) is 9.89 Å². The van der Waals surface area contributed by atoms with Gasteiger partial charge in [0.25, 0.3) is 0 Å². The second-order valence-electron chi connectivity index (χ2n) is 4.38. The summed E-state index contributed by atoms with van der Waals surface area (Å²) < 4.78 is 0. The summed E-state index contributed by atoms with van der Waals surface area (Å²) >= 11 is 0. The molecule has 0 bridgehead atoms. The van der Waals surface area contributed by atoms with Gasteiger partial charge in [-0.15, -0.1) is 0 Å². The summed E-state index contributed by atoms with van der Waals surface area (Å²) in [7, 11) is 0. The van der Waals surface area contributed by atoms with Crippen LogP contribution in [0.15, 0.2) is 6.33 Å². The van der Waals surface area contributed by atoms with Crippen LogP contribution in [0.4, 0.5) is 0 Å². The smallest absolute Gasteiger partial charge is 0.223 e. The van der Waals surface area contributed by atoms with Crippen LogP contribution in [-0.4, -0.2) is 21.1 Å². The number of aromatic nitrogens is 3. The van der Waals surface area contributed by atoms with Gasteiger partial charge in [0.15, 0.2) is 0 Å². The van der Waals surface area contributed by atoms with Crippen molar-refractivity contribution in [1.82, 2.24) is 20.5 Å². The number of nitrogens with zero attached hydrogens (tertiary/aromatic N) is 2. The van der Waals surface area contributed by atoms with Crippen LogP contribution in [0.2, 0.25) is 0 Å². The minimum absolute atomic E-state index is 0.110. The first-order valence-corrected chi connectivity index (χ1v) is 6.34. The zero-order chi connectivity index (χ0) is 12.7. The van der Waals surface area contributed by atoms with Crippen LogP contribution >= 0.6 is 0 Å². The molecular formula is C12H22N4O. The van der Waals surface area contributed by atoms with Gasteiger partial charge >= 0.3 is 0 Å². The van der Waals surface area contributed by atoms with Crippen molar-refractivity contribution in [3.05, 3.63) is 12.2 Å². The molecule has 1 unspecified atom stereocenters. The van der Waals surface area contributed by atoms with Crippen LogP contribution in [-0.2, 0) is 4.79 Å². The second kappa shape index (κ2) is 7.04. The first-order valence-electron chi connectivity index (χ1n) is 6.34. The Morgan fingerprint density at radius 1 is 1.41 bits per heavy atom. The van der Waals surface area contributed by atoms with Crippen molar-refractivity contribution in [2.45, 2.75) is 52.5 Å². The lowest BCUT2D eigenvalue weighted by molar-refractivity contribution is -0.126. The number of rotatable bonds is 7. The summed E-state index contributed by atoms with van der Waals surface area (Å²) in [5, 5.41) is 9.53. The van der Waals surface area contributed by atoms with Gasteiger partial charge in [0.2, 0.25) is 5.91 Å². The lowest BCUT2D eigenvalue weighted by Gasteiger charge is -2.18. The zero-order valence-electron chi connectivity index (χ0n) is 10.9. The fourth-order valence-corrected chi connectivity index (χ4v) is 1.93. The van der Waals surface area contributed by atoms with Gasteiger partial charge in [0, 0.05) is 5.92 Å². The molecule has 5 heteroatoms. The Morgan fingerprint density at radius 2 is 2.06 bits per heavy atom. The van der Waals surface area contributed by atoms with E-state index in [1.165, 1.54) is 6.33 Å². The predicted molar refractivity (Wildman–Crippen MR) is 66.2 cm³/mol. The molecule has 1 aromatic rings. The van der Waals surface area contributed by atoms with E-state index in [0.29, 0.717) is 5.82 Å². The highest BCUT2D eigenvalue weighted by Gasteiger charge is 2.19. The number of hydrogen-bond acceptors (Lipinski definition) is 3. The van der Waals surface area contributed by atoms with Gasteiger partial charge < -0.3 is 5.32 Å². The molecule has 0 spiro atoms. The summed E-state index contributed by atoms with van der Waals surface area (Å²) in [5.41, 5.74) is 0. The normalized spacial score (nSPS) is 12.7. The number of hydrogen-bond donors (Lipinski definition) is 2. The molecule has 96 valence electrons. The Balaban J connectivity index is 2.51. The van der Waals surface area contributed by atoms with Gasteiger partial charge in [0.05, 0.1) is 6.04 Å². The summed E-state index contributed by atoms with van der Waals surface area (Å²) in [6, 6.07) is -0.110. The molecule has 17 heavy (non-hydrogen) atoms. The fraction of sp³-hybridized carbons (Fsp3) is 0.750. The molecule has 0 aliphatic rings. The fourth-order valence-electron chi connectivity index (χ4n) is 1.93. The maximum atomic E-state index is 12.1. The summed E-state index contributed by atoms with van der Waals surface area (Å²) in [5.74, 6) is 0.943. The molecule has 1 rings (SSSR count). The molecule has 1 atom stereocenters. The average Bonchev–Trinajstić information content (AvgIpc) is 2.82. The number of carbonyl (C=O) groups is 1. The van der Waals surface area contributed by atoms with E-state index >= 15 is 0 Å². The molecule has 1 heterocycles. The quantitative estimate of drug-likeness (QED) is 0.765. The number of H-pyrrole nitrogens is 1. The summed E-state index contributed by atoms with van der Waals surface area (Å²) in [6.07, 6.45) is 5.42. The molecule has 1 aromatic heterocycles. The number of aromatic amines is 1. The summed E-state index contributed by atoms with van der Waals surface area (Å²) in [4.78, 5) is 16.1. The standard InChI is InChI=1S/C12H22N4O/c1-4-6-10(7-5-2)12(17)15-9(3)11-13-8-14-16-11/h8-10H,4-7H2,1-3H3,(H,15,17)(H,13,14,16). The second-order valence-corrected chi connectivity index (χ2v) is 4.38. The van der Waals surface area contributed by atoms with Crippen LogP contribution in [0.1, 0.15) is 58.3 Å². The molecule has 0 aliphatic heterocycles. The number of amides is 1. The molecule has 0 saturated carbocycles. The molecule has 0 aromatic carbocycles. The minimum atomic E-state index is -0.110. The van der Waals surface area contributed by atoms with E-state index in [-0.39, 0.29) is 17.9 Å². The monoisotopic (exact) mass is 238 g/mol. The van der Waals surface area contributed by atoms with Crippen molar-refractivity contribution in [3.63, 3.8) is 0 Å². The van der Waals surface area contributed by atoms with Crippen molar-refractivity contribution in [2.24, 2.45) is 5.92 Å². The van der Waals surface area contributed by atoms with Crippen LogP contribution in [0.3, 0.4) is 0 Å². The van der Waals surface area contributed by atoms with E-state index in [2.05, 4.69) is 34.3 Å². The van der Waals surface area contributed by atoms with Crippen LogP contribution < -0.4 is 5.32 Å². The van der Waals surface area contributed by atoms with E-state index < -0.39 is 0 Å². The molecule has 0 saturated heterocycles.